The first kappa shape index (κ1) is 11.4. The molecule has 0 unspecified atom stereocenters. The maximum Gasteiger partial charge on any atom is 0.265 e. The molecule has 14 heavy (non-hydrogen) atoms. The lowest BCUT2D eigenvalue weighted by Crippen LogP contribution is -1.97. The van der Waals surface area contributed by atoms with E-state index >= 15 is 0 Å². The van der Waals surface area contributed by atoms with Crippen molar-refractivity contribution in [1.29, 1.82) is 0 Å². The van der Waals surface area contributed by atoms with Gasteiger partial charge in [0, 0.05) is 15.7 Å². The first-order valence-corrected chi connectivity index (χ1v) is 5.21. The van der Waals surface area contributed by atoms with Gasteiger partial charge in [-0.3, -0.25) is 0 Å². The molecule has 0 spiro atoms. The smallest absolute Gasteiger partial charge is 0.265 e. The molecule has 0 saturated carbocycles. The number of benzene rings is 1. The van der Waals surface area contributed by atoms with Gasteiger partial charge in [-0.25, -0.2) is 8.78 Å². The van der Waals surface area contributed by atoms with Crippen molar-refractivity contribution >= 4 is 21.6 Å². The molecule has 2 N–H and O–H groups in total. The van der Waals surface area contributed by atoms with E-state index in [4.69, 9.17) is 5.73 Å². The third-order valence-electron chi connectivity index (χ3n) is 2.01. The predicted octanol–water partition coefficient (Wildman–Crippen LogP) is 3.92. The summed E-state index contributed by atoms with van der Waals surface area (Å²) in [5.74, 6) is 0. The van der Waals surface area contributed by atoms with Crippen LogP contribution >= 0.6 is 15.9 Å². The number of alkyl halides is 2. The van der Waals surface area contributed by atoms with Gasteiger partial charge < -0.3 is 5.73 Å². The molecule has 0 aromatic heterocycles. The number of anilines is 1. The first-order valence-electron chi connectivity index (χ1n) is 4.42. The van der Waals surface area contributed by atoms with Gasteiger partial charge in [-0.05, 0) is 24.1 Å². The van der Waals surface area contributed by atoms with Crippen molar-refractivity contribution in [3.63, 3.8) is 0 Å². The Kier molecular flexibility index (Phi) is 3.86. The van der Waals surface area contributed by atoms with Gasteiger partial charge in [0.1, 0.15) is 0 Å². The topological polar surface area (TPSA) is 26.0 Å². The van der Waals surface area contributed by atoms with E-state index in [2.05, 4.69) is 15.9 Å². The molecule has 1 nitrogen and oxygen atoms in total. The molecule has 1 aromatic rings. The Balaban J connectivity index is 3.10. The van der Waals surface area contributed by atoms with Crippen LogP contribution < -0.4 is 5.73 Å². The Bertz CT molecular complexity index is 326. The van der Waals surface area contributed by atoms with Crippen LogP contribution in [-0.2, 0) is 6.42 Å². The molecule has 0 aliphatic carbocycles. The maximum atomic E-state index is 12.4. The van der Waals surface area contributed by atoms with Gasteiger partial charge in [-0.15, -0.1) is 0 Å². The molecule has 0 bridgehead atoms. The lowest BCUT2D eigenvalue weighted by molar-refractivity contribution is 0.150. The fraction of sp³-hybridized carbons (Fsp3) is 0.400. The third kappa shape index (κ3) is 2.44. The number of rotatable bonds is 3. The molecule has 0 aliphatic rings. The van der Waals surface area contributed by atoms with Crippen LogP contribution in [0.1, 0.15) is 30.9 Å². The summed E-state index contributed by atoms with van der Waals surface area (Å²) in [7, 11) is 0. The second-order valence-corrected chi connectivity index (χ2v) is 3.98. The molecule has 0 fully saturated rings. The quantitative estimate of drug-likeness (QED) is 0.822. The van der Waals surface area contributed by atoms with E-state index < -0.39 is 6.43 Å². The summed E-state index contributed by atoms with van der Waals surface area (Å²) < 4.78 is 25.3. The van der Waals surface area contributed by atoms with Crippen molar-refractivity contribution in [2.24, 2.45) is 0 Å². The summed E-state index contributed by atoms with van der Waals surface area (Å²) in [6, 6.07) is 3.03. The van der Waals surface area contributed by atoms with Gasteiger partial charge in [0.25, 0.3) is 6.43 Å². The minimum atomic E-state index is -2.48. The standard InChI is InChI=1S/C10H12BrF2N/c1-2-3-6-4-8(11)7(10(12)13)5-9(6)14/h4-5,10H,2-3,14H2,1H3. The second kappa shape index (κ2) is 4.73. The van der Waals surface area contributed by atoms with Crippen molar-refractivity contribution < 1.29 is 8.78 Å². The fourth-order valence-electron chi connectivity index (χ4n) is 1.30. The lowest BCUT2D eigenvalue weighted by Gasteiger charge is -2.09. The SMILES string of the molecule is CCCc1cc(Br)c(C(F)F)cc1N. The second-order valence-electron chi connectivity index (χ2n) is 3.12. The summed E-state index contributed by atoms with van der Waals surface area (Å²) in [6.45, 7) is 2.02. The molecule has 78 valence electrons. The van der Waals surface area contributed by atoms with E-state index in [0.29, 0.717) is 10.2 Å². The van der Waals surface area contributed by atoms with Crippen LogP contribution in [0.5, 0.6) is 0 Å². The van der Waals surface area contributed by atoms with Crippen LogP contribution in [0.25, 0.3) is 0 Å². The Morgan fingerprint density at radius 3 is 2.57 bits per heavy atom. The van der Waals surface area contributed by atoms with Crippen LogP contribution in [-0.4, -0.2) is 0 Å². The highest BCUT2D eigenvalue weighted by Crippen LogP contribution is 2.31. The minimum absolute atomic E-state index is 0.0395. The molecule has 0 atom stereocenters. The molecule has 4 heteroatoms. The average Bonchev–Trinajstić information content (AvgIpc) is 2.10. The van der Waals surface area contributed by atoms with Crippen LogP contribution in [0.3, 0.4) is 0 Å². The normalized spacial score (nSPS) is 10.9. The number of nitrogens with two attached hydrogens (primary N) is 1. The van der Waals surface area contributed by atoms with E-state index in [9.17, 15) is 8.78 Å². The first-order chi connectivity index (χ1) is 6.56. The summed E-state index contributed by atoms with van der Waals surface area (Å²) in [6.07, 6.45) is -0.721. The third-order valence-corrected chi connectivity index (χ3v) is 2.70. The monoisotopic (exact) mass is 263 g/mol. The molecule has 0 saturated heterocycles. The molecule has 1 aromatic carbocycles. The molecule has 0 radical (unpaired) electrons. The number of aryl methyl sites for hydroxylation is 1. The fourth-order valence-corrected chi connectivity index (χ4v) is 1.87. The van der Waals surface area contributed by atoms with Crippen LogP contribution in [0.2, 0.25) is 0 Å². The zero-order valence-electron chi connectivity index (χ0n) is 7.86. The molecule has 0 heterocycles. The van der Waals surface area contributed by atoms with E-state index in [-0.39, 0.29) is 5.56 Å². The van der Waals surface area contributed by atoms with E-state index in [1.807, 2.05) is 6.92 Å². The maximum absolute atomic E-state index is 12.4. The molecular weight excluding hydrogens is 252 g/mol. The molecule has 1 rings (SSSR count). The van der Waals surface area contributed by atoms with Gasteiger partial charge in [-0.1, -0.05) is 29.3 Å². The highest BCUT2D eigenvalue weighted by Gasteiger charge is 2.13. The zero-order chi connectivity index (χ0) is 10.7. The highest BCUT2D eigenvalue weighted by molar-refractivity contribution is 9.10. The van der Waals surface area contributed by atoms with E-state index in [0.717, 1.165) is 18.4 Å². The summed E-state index contributed by atoms with van der Waals surface area (Å²) >= 11 is 3.12. The number of nitrogen functional groups attached to an aromatic ring is 1. The predicted molar refractivity (Wildman–Crippen MR) is 57.5 cm³/mol. The van der Waals surface area contributed by atoms with Gasteiger partial charge in [0.15, 0.2) is 0 Å². The summed E-state index contributed by atoms with van der Waals surface area (Å²) in [4.78, 5) is 0. The van der Waals surface area contributed by atoms with Crippen molar-refractivity contribution in [2.75, 3.05) is 5.73 Å². The van der Waals surface area contributed by atoms with Crippen molar-refractivity contribution in [2.45, 2.75) is 26.2 Å². The Hall–Kier alpha value is -0.640. The number of hydrogen-bond acceptors (Lipinski definition) is 1. The molecule has 0 aliphatic heterocycles. The Labute approximate surface area is 90.4 Å². The van der Waals surface area contributed by atoms with Crippen LogP contribution in [0.4, 0.5) is 14.5 Å². The Morgan fingerprint density at radius 1 is 1.43 bits per heavy atom. The van der Waals surface area contributed by atoms with Gasteiger partial charge in [0.05, 0.1) is 0 Å². The number of hydrogen-bond donors (Lipinski definition) is 1. The summed E-state index contributed by atoms with van der Waals surface area (Å²) in [5.41, 5.74) is 6.99. The van der Waals surface area contributed by atoms with Crippen molar-refractivity contribution in [3.05, 3.63) is 27.7 Å². The highest BCUT2D eigenvalue weighted by atomic mass is 79.9. The number of halogens is 3. The molecule has 0 amide bonds. The Morgan fingerprint density at radius 2 is 2.07 bits per heavy atom. The van der Waals surface area contributed by atoms with E-state index in [1.165, 1.54) is 6.07 Å². The van der Waals surface area contributed by atoms with Gasteiger partial charge in [0.2, 0.25) is 0 Å². The van der Waals surface area contributed by atoms with Gasteiger partial charge in [-0.2, -0.15) is 0 Å². The largest absolute Gasteiger partial charge is 0.398 e. The molecular formula is C10H12BrF2N. The van der Waals surface area contributed by atoms with Gasteiger partial charge >= 0.3 is 0 Å². The zero-order valence-corrected chi connectivity index (χ0v) is 9.44. The van der Waals surface area contributed by atoms with Crippen LogP contribution in [0, 0.1) is 0 Å². The van der Waals surface area contributed by atoms with Crippen molar-refractivity contribution in [1.82, 2.24) is 0 Å². The van der Waals surface area contributed by atoms with Crippen molar-refractivity contribution in [3.8, 4) is 0 Å². The van der Waals surface area contributed by atoms with E-state index in [1.54, 1.807) is 6.07 Å². The lowest BCUT2D eigenvalue weighted by atomic mass is 10.1. The minimum Gasteiger partial charge on any atom is -0.398 e. The van der Waals surface area contributed by atoms with Crippen LogP contribution in [0.15, 0.2) is 16.6 Å². The summed E-state index contributed by atoms with van der Waals surface area (Å²) in [5, 5.41) is 0. The average molecular weight is 264 g/mol.